The average Bonchev–Trinajstić information content (AvgIpc) is 2.89. The van der Waals surface area contributed by atoms with Crippen LogP contribution in [0.2, 0.25) is 0 Å². The average molecular weight is 390 g/mol. The molecule has 0 amide bonds. The molecular weight excluding hydrogens is 374 g/mol. The molecule has 1 aliphatic rings. The lowest BCUT2D eigenvalue weighted by molar-refractivity contribution is -0.354. The molecule has 0 spiro atoms. The van der Waals surface area contributed by atoms with E-state index >= 15 is 0 Å². The van der Waals surface area contributed by atoms with Crippen molar-refractivity contribution in [3.05, 3.63) is 30.5 Å². The Morgan fingerprint density at radius 3 is 2.52 bits per heavy atom. The standard InChI is InChI=1S/C14H16BrNO7/c15-13(6-17)12(21)14(22,10(19)11(20)23-13)16-5-9(18)7-3-1-2-4-8(7)16/h1-5,10-12,17-22H,6H2/t10-,11+,12-,13-,14-/m1/s1. The van der Waals surface area contributed by atoms with Crippen molar-refractivity contribution in [1.82, 2.24) is 4.57 Å². The zero-order valence-electron chi connectivity index (χ0n) is 11.7. The van der Waals surface area contributed by atoms with Crippen LogP contribution in [0.5, 0.6) is 5.75 Å². The summed E-state index contributed by atoms with van der Waals surface area (Å²) in [5.41, 5.74) is -2.16. The molecule has 1 aromatic heterocycles. The number of aromatic hydroxyl groups is 1. The second-order valence-electron chi connectivity index (χ2n) is 5.48. The Bertz CT molecular complexity index is 737. The molecule has 0 aliphatic carbocycles. The monoisotopic (exact) mass is 389 g/mol. The number of aliphatic hydroxyl groups is 5. The van der Waals surface area contributed by atoms with Crippen LogP contribution >= 0.6 is 15.9 Å². The lowest BCUT2D eigenvalue weighted by Gasteiger charge is -2.50. The molecule has 8 nitrogen and oxygen atoms in total. The van der Waals surface area contributed by atoms with E-state index < -0.39 is 35.3 Å². The zero-order chi connectivity index (χ0) is 17.0. The molecule has 1 saturated heterocycles. The van der Waals surface area contributed by atoms with Crippen LogP contribution in [-0.4, -0.2) is 64.8 Å². The predicted molar refractivity (Wildman–Crippen MR) is 81.6 cm³/mol. The van der Waals surface area contributed by atoms with Gasteiger partial charge in [0.1, 0.15) is 11.9 Å². The van der Waals surface area contributed by atoms with Gasteiger partial charge in [0.25, 0.3) is 0 Å². The van der Waals surface area contributed by atoms with E-state index in [-0.39, 0.29) is 5.75 Å². The van der Waals surface area contributed by atoms with Crippen molar-refractivity contribution < 1.29 is 35.4 Å². The summed E-state index contributed by atoms with van der Waals surface area (Å²) in [7, 11) is 0. The van der Waals surface area contributed by atoms with Crippen molar-refractivity contribution in [3.63, 3.8) is 0 Å². The molecule has 23 heavy (non-hydrogen) atoms. The van der Waals surface area contributed by atoms with Crippen LogP contribution in [0.4, 0.5) is 0 Å². The van der Waals surface area contributed by atoms with Crippen LogP contribution in [0.15, 0.2) is 30.5 Å². The highest BCUT2D eigenvalue weighted by Gasteiger charge is 2.62. The molecule has 126 valence electrons. The normalized spacial score (nSPS) is 38.1. The van der Waals surface area contributed by atoms with Crippen molar-refractivity contribution in [2.45, 2.75) is 28.7 Å². The maximum atomic E-state index is 11.0. The Labute approximate surface area is 138 Å². The van der Waals surface area contributed by atoms with Gasteiger partial charge >= 0.3 is 0 Å². The summed E-state index contributed by atoms with van der Waals surface area (Å²) >= 11 is 2.94. The third-order valence-corrected chi connectivity index (χ3v) is 5.00. The van der Waals surface area contributed by atoms with Gasteiger partial charge in [-0.3, -0.25) is 0 Å². The molecule has 9 heteroatoms. The number of benzene rings is 1. The molecule has 0 unspecified atom stereocenters. The number of aliphatic hydroxyl groups excluding tert-OH is 4. The number of hydrogen-bond acceptors (Lipinski definition) is 7. The SMILES string of the molecule is OC[C@@]1(Br)O[C@H](O)[C@@H](O)[C@](O)(n2cc(O)c3ccccc32)[C@@H]1O. The quantitative estimate of drug-likeness (QED) is 0.368. The van der Waals surface area contributed by atoms with Crippen LogP contribution in [0.3, 0.4) is 0 Å². The van der Waals surface area contributed by atoms with Crippen LogP contribution in [-0.2, 0) is 10.5 Å². The van der Waals surface area contributed by atoms with Gasteiger partial charge in [0.2, 0.25) is 5.72 Å². The number of rotatable bonds is 2. The number of nitrogens with zero attached hydrogens (tertiary/aromatic N) is 1. The number of para-hydroxylation sites is 1. The maximum absolute atomic E-state index is 11.0. The first-order chi connectivity index (χ1) is 10.8. The van der Waals surface area contributed by atoms with Crippen LogP contribution in [0, 0.1) is 0 Å². The van der Waals surface area contributed by atoms with Gasteiger partial charge in [-0.15, -0.1) is 0 Å². The first kappa shape index (κ1) is 16.7. The van der Waals surface area contributed by atoms with E-state index in [1.807, 2.05) is 0 Å². The number of ether oxygens (including phenoxy) is 1. The van der Waals surface area contributed by atoms with Crippen molar-refractivity contribution in [2.75, 3.05) is 6.61 Å². The topological polar surface area (TPSA) is 136 Å². The number of aromatic nitrogens is 1. The summed E-state index contributed by atoms with van der Waals surface area (Å²) in [5.74, 6) is -0.182. The van der Waals surface area contributed by atoms with Crippen molar-refractivity contribution in [1.29, 1.82) is 0 Å². The third-order valence-electron chi connectivity index (χ3n) is 4.13. The summed E-state index contributed by atoms with van der Waals surface area (Å²) in [4.78, 5) is 0. The summed E-state index contributed by atoms with van der Waals surface area (Å²) in [6.45, 7) is -0.786. The van der Waals surface area contributed by atoms with E-state index in [1.165, 1.54) is 0 Å². The molecule has 1 aromatic carbocycles. The summed E-state index contributed by atoms with van der Waals surface area (Å²) in [6, 6.07) is 6.46. The lowest BCUT2D eigenvalue weighted by atomic mass is 9.91. The second-order valence-corrected chi connectivity index (χ2v) is 6.83. The van der Waals surface area contributed by atoms with Crippen LogP contribution in [0.25, 0.3) is 10.9 Å². The van der Waals surface area contributed by atoms with Gasteiger partial charge in [-0.1, -0.05) is 12.1 Å². The van der Waals surface area contributed by atoms with Gasteiger partial charge in [0, 0.05) is 11.6 Å². The van der Waals surface area contributed by atoms with Crippen LogP contribution < -0.4 is 0 Å². The molecule has 5 atom stereocenters. The first-order valence-electron chi connectivity index (χ1n) is 6.79. The molecule has 2 aromatic rings. The van der Waals surface area contributed by atoms with Crippen molar-refractivity contribution >= 4 is 26.8 Å². The molecule has 6 N–H and O–H groups in total. The Balaban J connectivity index is 2.24. The number of hydrogen-bond donors (Lipinski definition) is 6. The molecule has 2 heterocycles. The molecule has 0 saturated carbocycles. The lowest BCUT2D eigenvalue weighted by Crippen LogP contribution is -2.70. The van der Waals surface area contributed by atoms with Gasteiger partial charge in [0.15, 0.2) is 16.9 Å². The van der Waals surface area contributed by atoms with Gasteiger partial charge in [0.05, 0.1) is 12.1 Å². The minimum atomic E-state index is -2.47. The van der Waals surface area contributed by atoms with E-state index in [9.17, 15) is 30.6 Å². The van der Waals surface area contributed by atoms with Gasteiger partial charge in [-0.25, -0.2) is 0 Å². The fraction of sp³-hybridized carbons (Fsp3) is 0.429. The summed E-state index contributed by atoms with van der Waals surface area (Å²) < 4.78 is 4.11. The van der Waals surface area contributed by atoms with Gasteiger partial charge in [-0.2, -0.15) is 0 Å². The molecule has 0 radical (unpaired) electrons. The minimum Gasteiger partial charge on any atom is -0.506 e. The second kappa shape index (κ2) is 5.42. The zero-order valence-corrected chi connectivity index (χ0v) is 13.3. The van der Waals surface area contributed by atoms with Gasteiger partial charge < -0.3 is 39.9 Å². The fourth-order valence-corrected chi connectivity index (χ4v) is 3.40. The summed E-state index contributed by atoms with van der Waals surface area (Å²) in [6.07, 6.45) is -4.57. The Hall–Kier alpha value is -1.20. The number of alkyl halides is 1. The van der Waals surface area contributed by atoms with E-state index in [0.717, 1.165) is 10.8 Å². The van der Waals surface area contributed by atoms with Crippen molar-refractivity contribution in [2.24, 2.45) is 0 Å². The molecule has 1 aliphatic heterocycles. The third kappa shape index (κ3) is 2.20. The van der Waals surface area contributed by atoms with Crippen LogP contribution in [0.1, 0.15) is 0 Å². The Morgan fingerprint density at radius 1 is 1.22 bits per heavy atom. The van der Waals surface area contributed by atoms with E-state index in [1.54, 1.807) is 24.3 Å². The number of fused-ring (bicyclic) bond motifs is 1. The van der Waals surface area contributed by atoms with E-state index in [0.29, 0.717) is 10.9 Å². The predicted octanol–water partition coefficient (Wildman–Crippen LogP) is -0.854. The molecule has 0 bridgehead atoms. The van der Waals surface area contributed by atoms with Crippen molar-refractivity contribution in [3.8, 4) is 5.75 Å². The molecule has 1 fully saturated rings. The van der Waals surface area contributed by atoms with Gasteiger partial charge in [-0.05, 0) is 28.1 Å². The highest BCUT2D eigenvalue weighted by Crippen LogP contribution is 2.44. The first-order valence-corrected chi connectivity index (χ1v) is 7.58. The largest absolute Gasteiger partial charge is 0.506 e. The maximum Gasteiger partial charge on any atom is 0.203 e. The highest BCUT2D eigenvalue weighted by atomic mass is 79.9. The van der Waals surface area contributed by atoms with E-state index in [2.05, 4.69) is 15.9 Å². The number of halogens is 1. The minimum absolute atomic E-state index is 0.182. The fourth-order valence-electron chi connectivity index (χ4n) is 2.87. The molecular formula is C14H16BrNO7. The Morgan fingerprint density at radius 2 is 1.87 bits per heavy atom. The smallest absolute Gasteiger partial charge is 0.203 e. The Kier molecular flexibility index (Phi) is 3.92. The molecule has 3 rings (SSSR count). The van der Waals surface area contributed by atoms with E-state index in [4.69, 9.17) is 4.74 Å². The highest BCUT2D eigenvalue weighted by molar-refractivity contribution is 9.10. The summed E-state index contributed by atoms with van der Waals surface area (Å²) in [5, 5.41) is 61.4.